The van der Waals surface area contributed by atoms with E-state index in [0.29, 0.717) is 34.8 Å². The number of H-pyrrole nitrogens is 1. The molecular weight excluding hydrogens is 420 g/mol. The molecule has 10 nitrogen and oxygen atoms in total. The Kier molecular flexibility index (Phi) is 7.19. The van der Waals surface area contributed by atoms with Gasteiger partial charge in [-0.3, -0.25) is 20.0 Å². The second-order valence-electron chi connectivity index (χ2n) is 7.97. The summed E-state index contributed by atoms with van der Waals surface area (Å²) in [6, 6.07) is 7.15. The van der Waals surface area contributed by atoms with Crippen LogP contribution in [0.2, 0.25) is 0 Å². The number of amides is 2. The number of fused-ring (bicyclic) bond motifs is 1. The molecule has 3 aromatic rings. The lowest BCUT2D eigenvalue weighted by molar-refractivity contribution is -0.110. The predicted molar refractivity (Wildman–Crippen MR) is 129 cm³/mol. The smallest absolute Gasteiger partial charge is 0.273 e. The molecular formula is C23H28N8O2. The number of hydrogen-bond donors (Lipinski definition) is 5. The van der Waals surface area contributed by atoms with E-state index in [4.69, 9.17) is 11.1 Å². The van der Waals surface area contributed by atoms with Gasteiger partial charge in [0.25, 0.3) is 11.8 Å². The van der Waals surface area contributed by atoms with E-state index in [1.807, 2.05) is 25.1 Å². The summed E-state index contributed by atoms with van der Waals surface area (Å²) in [6.45, 7) is 4.53. The molecule has 3 heterocycles. The molecule has 0 saturated heterocycles. The topological polar surface area (TPSA) is 153 Å². The summed E-state index contributed by atoms with van der Waals surface area (Å²) in [5.41, 5.74) is 9.27. The largest absolute Gasteiger partial charge is 0.402 e. The first-order chi connectivity index (χ1) is 15.7. The zero-order valence-electron chi connectivity index (χ0n) is 19.1. The lowest BCUT2D eigenvalue weighted by atomic mass is 10.1. The van der Waals surface area contributed by atoms with Gasteiger partial charge in [0.1, 0.15) is 17.1 Å². The Hall–Kier alpha value is -4.05. The molecule has 0 unspecified atom stereocenters. The predicted octanol–water partition coefficient (Wildman–Crippen LogP) is 2.13. The summed E-state index contributed by atoms with van der Waals surface area (Å²) >= 11 is 0. The Morgan fingerprint density at radius 3 is 2.64 bits per heavy atom. The van der Waals surface area contributed by atoms with Crippen molar-refractivity contribution in [1.29, 1.82) is 5.41 Å². The van der Waals surface area contributed by atoms with E-state index in [-0.39, 0.29) is 11.6 Å². The number of likely N-dealkylation sites (N-methyl/N-ethyl adjacent to an activating group) is 1. The second-order valence-corrected chi connectivity index (χ2v) is 7.97. The van der Waals surface area contributed by atoms with Gasteiger partial charge < -0.3 is 26.3 Å². The summed E-state index contributed by atoms with van der Waals surface area (Å²) in [5.74, 6) is -0.800. The fourth-order valence-electron chi connectivity index (χ4n) is 3.01. The van der Waals surface area contributed by atoms with Crippen molar-refractivity contribution in [3.05, 3.63) is 53.6 Å². The average molecular weight is 449 g/mol. The van der Waals surface area contributed by atoms with Gasteiger partial charge in [-0.25, -0.2) is 4.98 Å². The van der Waals surface area contributed by atoms with Gasteiger partial charge in [-0.2, -0.15) is 0 Å². The van der Waals surface area contributed by atoms with Crippen molar-refractivity contribution < 1.29 is 9.59 Å². The van der Waals surface area contributed by atoms with Crippen molar-refractivity contribution in [3.8, 4) is 11.3 Å². The molecule has 0 aromatic carbocycles. The molecule has 0 fully saturated rings. The van der Waals surface area contributed by atoms with Crippen LogP contribution < -0.4 is 16.4 Å². The molecule has 3 aromatic heterocycles. The highest BCUT2D eigenvalue weighted by atomic mass is 16.2. The van der Waals surface area contributed by atoms with Crippen LogP contribution in [0.1, 0.15) is 24.3 Å². The van der Waals surface area contributed by atoms with Crippen LogP contribution in [0.4, 0.5) is 5.69 Å². The first-order valence-electron chi connectivity index (χ1n) is 10.4. The molecule has 0 saturated carbocycles. The molecule has 0 aliphatic carbocycles. The first kappa shape index (κ1) is 23.6. The zero-order chi connectivity index (χ0) is 24.1. The molecule has 0 aliphatic heterocycles. The number of pyridine rings is 2. The fourth-order valence-corrected chi connectivity index (χ4v) is 3.01. The molecule has 0 spiro atoms. The number of aromatic nitrogens is 3. The van der Waals surface area contributed by atoms with E-state index in [2.05, 4.69) is 25.6 Å². The Balaban J connectivity index is 1.78. The molecule has 33 heavy (non-hydrogen) atoms. The third-order valence-electron chi connectivity index (χ3n) is 5.07. The average Bonchev–Trinajstić information content (AvgIpc) is 3.21. The maximum atomic E-state index is 12.4. The van der Waals surface area contributed by atoms with Gasteiger partial charge in [-0.15, -0.1) is 0 Å². The van der Waals surface area contributed by atoms with E-state index in [1.54, 1.807) is 38.2 Å². The Morgan fingerprint density at radius 1 is 1.18 bits per heavy atom. The van der Waals surface area contributed by atoms with Gasteiger partial charge in [-0.05, 0) is 57.8 Å². The minimum absolute atomic E-state index is 0.196. The van der Waals surface area contributed by atoms with Crippen molar-refractivity contribution in [2.24, 2.45) is 5.73 Å². The minimum atomic E-state index is -0.562. The lowest BCUT2D eigenvalue weighted by Crippen LogP contribution is -2.31. The van der Waals surface area contributed by atoms with Crippen molar-refractivity contribution in [2.75, 3.05) is 32.5 Å². The monoisotopic (exact) mass is 448 g/mol. The number of nitrogens with zero attached hydrogens (tertiary/aromatic N) is 3. The second kappa shape index (κ2) is 10.0. The molecule has 172 valence electrons. The molecule has 0 radical (unpaired) electrons. The molecule has 6 N–H and O–H groups in total. The van der Waals surface area contributed by atoms with Crippen molar-refractivity contribution in [3.63, 3.8) is 0 Å². The summed E-state index contributed by atoms with van der Waals surface area (Å²) in [4.78, 5) is 38.4. The Bertz CT molecular complexity index is 1240. The normalized spacial score (nSPS) is 11.9. The van der Waals surface area contributed by atoms with Crippen LogP contribution in [0.15, 0.2) is 47.9 Å². The number of aromatic amines is 1. The van der Waals surface area contributed by atoms with Gasteiger partial charge in [0.2, 0.25) is 0 Å². The van der Waals surface area contributed by atoms with Crippen molar-refractivity contribution in [2.45, 2.75) is 13.8 Å². The van der Waals surface area contributed by atoms with Crippen molar-refractivity contribution in [1.82, 2.24) is 25.2 Å². The third kappa shape index (κ3) is 5.80. The van der Waals surface area contributed by atoms with E-state index in [0.717, 1.165) is 23.2 Å². The lowest BCUT2D eigenvalue weighted by Gasteiger charge is -2.10. The van der Waals surface area contributed by atoms with E-state index in [9.17, 15) is 9.59 Å². The SMILES string of the molecule is C/C(N)=C(\C)C(=N)C(=O)Nc1cnc2[nH]c(-c3ccnc(C(=O)NCCN(C)C)c3)cc2c1. The van der Waals surface area contributed by atoms with Crippen LogP contribution in [0.5, 0.6) is 0 Å². The molecule has 0 aliphatic rings. The van der Waals surface area contributed by atoms with Crippen LogP contribution in [-0.2, 0) is 4.79 Å². The van der Waals surface area contributed by atoms with E-state index in [1.165, 1.54) is 6.20 Å². The van der Waals surface area contributed by atoms with Crippen LogP contribution in [0.3, 0.4) is 0 Å². The fraction of sp³-hybridized carbons (Fsp3) is 0.261. The number of carbonyl (C=O) groups is 2. The molecule has 3 rings (SSSR count). The molecule has 0 atom stereocenters. The number of hydrogen-bond acceptors (Lipinski definition) is 7. The first-order valence-corrected chi connectivity index (χ1v) is 10.4. The highest BCUT2D eigenvalue weighted by Gasteiger charge is 2.15. The quantitative estimate of drug-likeness (QED) is 0.333. The van der Waals surface area contributed by atoms with Gasteiger partial charge in [-0.1, -0.05) is 0 Å². The van der Waals surface area contributed by atoms with Gasteiger partial charge in [0.15, 0.2) is 0 Å². The standard InChI is InChI=1S/C23H28N8O2/c1-13(14(2)24)20(25)23(33)29-17-9-16-11-18(30-21(16)28-12-17)15-5-6-26-19(10-15)22(32)27-7-8-31(3)4/h5-6,9-12,25H,7-8,24H2,1-4H3,(H,27,32)(H,28,30)(H,29,33)/b14-13-,25-20?. The summed E-state index contributed by atoms with van der Waals surface area (Å²) in [7, 11) is 3.88. The summed E-state index contributed by atoms with van der Waals surface area (Å²) in [6.07, 6.45) is 3.10. The van der Waals surface area contributed by atoms with Gasteiger partial charge in [0, 0.05) is 41.6 Å². The molecule has 10 heteroatoms. The van der Waals surface area contributed by atoms with Crippen LogP contribution in [-0.4, -0.2) is 64.6 Å². The maximum Gasteiger partial charge on any atom is 0.273 e. The van der Waals surface area contributed by atoms with Crippen molar-refractivity contribution >= 4 is 34.2 Å². The molecule has 0 bridgehead atoms. The summed E-state index contributed by atoms with van der Waals surface area (Å²) < 4.78 is 0. The van der Waals surface area contributed by atoms with E-state index >= 15 is 0 Å². The highest BCUT2D eigenvalue weighted by Crippen LogP contribution is 2.25. The number of nitrogens with one attached hydrogen (secondary N) is 4. The molecule has 2 amide bonds. The number of rotatable bonds is 8. The maximum absolute atomic E-state index is 12.4. The number of anilines is 1. The number of nitrogens with two attached hydrogens (primary N) is 1. The number of allylic oxidation sites excluding steroid dienone is 1. The zero-order valence-corrected chi connectivity index (χ0v) is 19.1. The van der Waals surface area contributed by atoms with E-state index < -0.39 is 5.91 Å². The van der Waals surface area contributed by atoms with Crippen LogP contribution in [0.25, 0.3) is 22.3 Å². The number of carbonyl (C=O) groups excluding carboxylic acids is 2. The summed E-state index contributed by atoms with van der Waals surface area (Å²) in [5, 5.41) is 14.3. The van der Waals surface area contributed by atoms with Crippen LogP contribution >= 0.6 is 0 Å². The van der Waals surface area contributed by atoms with Gasteiger partial charge >= 0.3 is 0 Å². The highest BCUT2D eigenvalue weighted by molar-refractivity contribution is 6.47. The minimum Gasteiger partial charge on any atom is -0.402 e. The Labute approximate surface area is 191 Å². The van der Waals surface area contributed by atoms with Gasteiger partial charge in [0.05, 0.1) is 11.9 Å². The van der Waals surface area contributed by atoms with Crippen LogP contribution in [0, 0.1) is 5.41 Å². The third-order valence-corrected chi connectivity index (χ3v) is 5.07. The Morgan fingerprint density at radius 2 is 1.94 bits per heavy atom.